The number of nitrogens with zero attached hydrogens (tertiary/aromatic N) is 1. The van der Waals surface area contributed by atoms with Gasteiger partial charge in [0.05, 0.1) is 18.9 Å². The minimum absolute atomic E-state index is 0.0766. The number of carbonyl (C=O) groups is 2. The number of rotatable bonds is 9. The molecule has 1 amide bonds. The van der Waals surface area contributed by atoms with E-state index in [1.54, 1.807) is 0 Å². The van der Waals surface area contributed by atoms with Crippen LogP contribution >= 0.6 is 0 Å². The number of phenolic OH excluding ortho intramolecular Hbond substituents is 1. The molecule has 0 radical (unpaired) electrons. The van der Waals surface area contributed by atoms with Gasteiger partial charge in [-0.25, -0.2) is 4.79 Å². The van der Waals surface area contributed by atoms with E-state index >= 15 is 0 Å². The Kier molecular flexibility index (Phi) is 10.3. The van der Waals surface area contributed by atoms with Crippen LogP contribution in [0.4, 0.5) is 5.69 Å². The fourth-order valence-electron chi connectivity index (χ4n) is 5.51. The number of hydrogen-bond acceptors (Lipinski definition) is 15. The van der Waals surface area contributed by atoms with Crippen LogP contribution in [0, 0.1) is 0 Å². The first-order valence-corrected chi connectivity index (χ1v) is 14.5. The van der Waals surface area contributed by atoms with Crippen LogP contribution in [0.3, 0.4) is 0 Å². The maximum absolute atomic E-state index is 13.4. The zero-order chi connectivity index (χ0) is 34.2. The average Bonchev–Trinajstić information content (AvgIpc) is 3.43. The largest absolute Gasteiger partial charge is 0.504 e. The minimum Gasteiger partial charge on any atom is -0.504 e. The van der Waals surface area contributed by atoms with Crippen LogP contribution in [0.15, 0.2) is 42.5 Å². The zero-order valence-electron chi connectivity index (χ0n) is 24.5. The Labute approximate surface area is 266 Å². The van der Waals surface area contributed by atoms with Crippen LogP contribution in [-0.4, -0.2) is 144 Å². The summed E-state index contributed by atoms with van der Waals surface area (Å²) in [5, 5.41) is 99.6. The van der Waals surface area contributed by atoms with Gasteiger partial charge in [-0.3, -0.25) is 9.69 Å². The van der Waals surface area contributed by atoms with Crippen molar-refractivity contribution in [2.45, 2.75) is 73.9 Å². The molecule has 3 aliphatic heterocycles. The molecular weight excluding hydrogens is 630 g/mol. The summed E-state index contributed by atoms with van der Waals surface area (Å²) >= 11 is 0. The van der Waals surface area contributed by atoms with Crippen molar-refractivity contribution < 1.29 is 79.6 Å². The quantitative estimate of drug-likeness (QED) is 0.118. The number of carboxylic acid groups (broad SMARTS) is 1. The molecule has 2 saturated heterocycles. The first-order valence-electron chi connectivity index (χ1n) is 14.5. The first kappa shape index (κ1) is 34.5. The summed E-state index contributed by atoms with van der Waals surface area (Å²) in [5.41, 5.74) is 0.850. The standard InChI is InChI=1S/C30H35NO16/c32-10-19-22(36)24(38)26(40)29(46-19)44-14-4-1-12(2-5-14)3-6-21(35)31-15-9-18(17(34)8-13(15)7-16(31)28(42)43)45-30-27(41)25(39)23(37)20(11-33)47-30/h1-6,8-9,16,19-20,22-27,29-30,32-34,36-41H,7,10-11H2,(H,42,43)/b6-3+/t16-,19-,20-,22+,23+,24+,25-,26+,27+,29+,30-/m1/s1. The molecule has 2 fully saturated rings. The van der Waals surface area contributed by atoms with E-state index in [1.165, 1.54) is 42.5 Å². The number of phenols is 1. The fraction of sp³-hybridized carbons (Fsp3) is 0.467. The van der Waals surface area contributed by atoms with Gasteiger partial charge in [-0.2, -0.15) is 0 Å². The van der Waals surface area contributed by atoms with Gasteiger partial charge in [-0.05, 0) is 35.4 Å². The molecule has 0 unspecified atom stereocenters. The van der Waals surface area contributed by atoms with Crippen LogP contribution in [0.5, 0.6) is 17.2 Å². The Morgan fingerprint density at radius 3 is 1.89 bits per heavy atom. The third-order valence-electron chi connectivity index (χ3n) is 8.16. The molecule has 5 rings (SSSR count). The first-order chi connectivity index (χ1) is 22.3. The van der Waals surface area contributed by atoms with Crippen LogP contribution in [0.2, 0.25) is 0 Å². The SMILES string of the molecule is O=C(O)[C@H]1Cc2cc(O)c(O[C@@H]3O[C@H](CO)[C@H](O)[C@@H](O)[C@@H]3O)cc2N1C(=O)/C=C/c1ccc(O[C@H]2O[C@H](CO)[C@H](O)[C@H](O)[C@@H]2O)cc1. The van der Waals surface area contributed by atoms with E-state index in [9.17, 15) is 60.7 Å². The Bertz CT molecular complexity index is 1460. The van der Waals surface area contributed by atoms with Crippen molar-refractivity contribution in [1.82, 2.24) is 0 Å². The van der Waals surface area contributed by atoms with Gasteiger partial charge in [-0.1, -0.05) is 12.1 Å². The number of aliphatic carboxylic acids is 1. The van der Waals surface area contributed by atoms with Crippen molar-refractivity contribution in [1.29, 1.82) is 0 Å². The van der Waals surface area contributed by atoms with Crippen molar-refractivity contribution in [2.24, 2.45) is 0 Å². The second-order valence-corrected chi connectivity index (χ2v) is 11.2. The molecule has 2 aromatic carbocycles. The maximum Gasteiger partial charge on any atom is 0.327 e. The number of carboxylic acids is 1. The number of hydrogen-bond donors (Lipinski definition) is 10. The molecule has 3 aliphatic rings. The molecule has 256 valence electrons. The number of fused-ring (bicyclic) bond motifs is 1. The third kappa shape index (κ3) is 6.90. The molecule has 47 heavy (non-hydrogen) atoms. The van der Waals surface area contributed by atoms with Crippen molar-refractivity contribution in [3.8, 4) is 17.2 Å². The Balaban J connectivity index is 1.31. The Morgan fingerprint density at radius 2 is 1.36 bits per heavy atom. The van der Waals surface area contributed by atoms with Gasteiger partial charge in [0.25, 0.3) is 5.91 Å². The smallest absolute Gasteiger partial charge is 0.327 e. The highest BCUT2D eigenvalue weighted by Gasteiger charge is 2.46. The molecule has 0 bridgehead atoms. The van der Waals surface area contributed by atoms with Gasteiger partial charge < -0.3 is 70.0 Å². The highest BCUT2D eigenvalue weighted by atomic mass is 16.7. The topological polar surface area (TPSA) is 277 Å². The predicted molar refractivity (Wildman–Crippen MR) is 155 cm³/mol. The molecule has 2 aromatic rings. The summed E-state index contributed by atoms with van der Waals surface area (Å²) in [6.07, 6.45) is -13.1. The summed E-state index contributed by atoms with van der Waals surface area (Å²) in [7, 11) is 0. The van der Waals surface area contributed by atoms with E-state index in [-0.39, 0.29) is 23.6 Å². The number of aliphatic hydroxyl groups excluding tert-OH is 8. The second-order valence-electron chi connectivity index (χ2n) is 11.2. The Morgan fingerprint density at radius 1 is 0.809 bits per heavy atom. The zero-order valence-corrected chi connectivity index (χ0v) is 24.5. The van der Waals surface area contributed by atoms with Crippen LogP contribution < -0.4 is 14.4 Å². The lowest BCUT2D eigenvalue weighted by Gasteiger charge is -2.39. The van der Waals surface area contributed by atoms with Crippen molar-refractivity contribution in [3.63, 3.8) is 0 Å². The fourth-order valence-corrected chi connectivity index (χ4v) is 5.51. The number of benzene rings is 2. The summed E-state index contributed by atoms with van der Waals surface area (Å²) in [6, 6.07) is 6.99. The molecule has 17 nitrogen and oxygen atoms in total. The average molecular weight is 666 g/mol. The van der Waals surface area contributed by atoms with Crippen molar-refractivity contribution in [3.05, 3.63) is 53.6 Å². The van der Waals surface area contributed by atoms with E-state index in [0.29, 0.717) is 11.1 Å². The van der Waals surface area contributed by atoms with Gasteiger partial charge in [0.1, 0.15) is 60.6 Å². The van der Waals surface area contributed by atoms with Gasteiger partial charge >= 0.3 is 5.97 Å². The summed E-state index contributed by atoms with van der Waals surface area (Å²) < 4.78 is 21.7. The van der Waals surface area contributed by atoms with Crippen LogP contribution in [-0.2, 0) is 25.5 Å². The van der Waals surface area contributed by atoms with Gasteiger partial charge in [-0.15, -0.1) is 0 Å². The second kappa shape index (κ2) is 14.1. The molecule has 17 heteroatoms. The van der Waals surface area contributed by atoms with E-state index < -0.39 is 98.3 Å². The molecule has 0 spiro atoms. The lowest BCUT2D eigenvalue weighted by molar-refractivity contribution is -0.277. The van der Waals surface area contributed by atoms with Gasteiger partial charge in [0, 0.05) is 18.6 Å². The minimum atomic E-state index is -1.79. The lowest BCUT2D eigenvalue weighted by Crippen LogP contribution is -2.60. The van der Waals surface area contributed by atoms with Crippen LogP contribution in [0.25, 0.3) is 6.08 Å². The molecule has 0 aromatic heterocycles. The molecular formula is C30H35NO16. The maximum atomic E-state index is 13.4. The molecule has 3 heterocycles. The summed E-state index contributed by atoms with van der Waals surface area (Å²) in [5.74, 6) is -2.71. The predicted octanol–water partition coefficient (Wildman–Crippen LogP) is -3.19. The number of ether oxygens (including phenoxy) is 4. The number of anilines is 1. The van der Waals surface area contributed by atoms with E-state index in [0.717, 1.165) is 11.0 Å². The van der Waals surface area contributed by atoms with Gasteiger partial charge in [0.2, 0.25) is 12.6 Å². The molecule has 0 aliphatic carbocycles. The summed E-state index contributed by atoms with van der Waals surface area (Å²) in [4.78, 5) is 26.4. The van der Waals surface area contributed by atoms with E-state index in [1.807, 2.05) is 0 Å². The molecule has 10 N–H and O–H groups in total. The highest BCUT2D eigenvalue weighted by molar-refractivity contribution is 6.09. The summed E-state index contributed by atoms with van der Waals surface area (Å²) in [6.45, 7) is -1.34. The normalized spacial score (nSPS) is 33.9. The molecule has 0 saturated carbocycles. The van der Waals surface area contributed by atoms with E-state index in [4.69, 9.17) is 18.9 Å². The monoisotopic (exact) mass is 665 g/mol. The Hall–Kier alpha value is -3.88. The lowest BCUT2D eigenvalue weighted by atomic mass is 9.99. The van der Waals surface area contributed by atoms with Gasteiger partial charge in [0.15, 0.2) is 11.5 Å². The molecule has 11 atom stereocenters. The van der Waals surface area contributed by atoms with E-state index in [2.05, 4.69) is 0 Å². The van der Waals surface area contributed by atoms with Crippen molar-refractivity contribution >= 4 is 23.6 Å². The number of amides is 1. The highest BCUT2D eigenvalue weighted by Crippen LogP contribution is 2.42. The number of aromatic hydroxyl groups is 1. The third-order valence-corrected chi connectivity index (χ3v) is 8.16. The number of carbonyl (C=O) groups excluding carboxylic acids is 1. The van der Waals surface area contributed by atoms with Crippen molar-refractivity contribution in [2.75, 3.05) is 18.1 Å². The van der Waals surface area contributed by atoms with Crippen LogP contribution in [0.1, 0.15) is 11.1 Å². The number of aliphatic hydroxyl groups is 8.